The van der Waals surface area contributed by atoms with E-state index in [0.29, 0.717) is 12.1 Å². The molecule has 0 atom stereocenters. The topological polar surface area (TPSA) is 83.4 Å². The van der Waals surface area contributed by atoms with Crippen molar-refractivity contribution in [3.63, 3.8) is 0 Å². The number of anilines is 1. The molecule has 5 heteroatoms. The number of aryl methyl sites for hydroxylation is 3. The van der Waals surface area contributed by atoms with E-state index in [4.69, 9.17) is 10.7 Å². The Kier molecular flexibility index (Phi) is 5.65. The summed E-state index contributed by atoms with van der Waals surface area (Å²) in [5, 5.41) is 8.17. The van der Waals surface area contributed by atoms with Crippen LogP contribution in [0.5, 0.6) is 0 Å². The molecule has 0 amide bonds. The van der Waals surface area contributed by atoms with Gasteiger partial charge in [-0.3, -0.25) is 10.1 Å². The second-order valence-electron chi connectivity index (χ2n) is 8.69. The van der Waals surface area contributed by atoms with E-state index in [2.05, 4.69) is 71.3 Å². The van der Waals surface area contributed by atoms with Gasteiger partial charge in [0.25, 0.3) is 0 Å². The molecular formula is C29H27N5. The van der Waals surface area contributed by atoms with Gasteiger partial charge in [-0.1, -0.05) is 30.3 Å². The minimum atomic E-state index is 0.654. The molecule has 2 aromatic carbocycles. The molecule has 5 nitrogen and oxygen atoms in total. The zero-order chi connectivity index (χ0) is 23.7. The van der Waals surface area contributed by atoms with Gasteiger partial charge in [-0.25, -0.2) is 0 Å². The molecule has 0 bridgehead atoms. The second-order valence-corrected chi connectivity index (χ2v) is 8.69. The predicted molar refractivity (Wildman–Crippen MR) is 139 cm³/mol. The molecule has 0 unspecified atom stereocenters. The van der Waals surface area contributed by atoms with Crippen LogP contribution in [0.4, 0.5) is 5.69 Å². The monoisotopic (exact) mass is 445 g/mol. The zero-order valence-electron chi connectivity index (χ0n) is 19.2. The maximum Gasteiger partial charge on any atom is 0.0738 e. The number of H-pyrrole nitrogens is 2. The van der Waals surface area contributed by atoms with Crippen molar-refractivity contribution in [1.29, 1.82) is 0 Å². The van der Waals surface area contributed by atoms with Crippen molar-refractivity contribution in [3.8, 4) is 35.2 Å². The number of benzene rings is 2. The lowest BCUT2D eigenvalue weighted by atomic mass is 9.96. The van der Waals surface area contributed by atoms with Crippen LogP contribution < -0.4 is 5.73 Å². The summed E-state index contributed by atoms with van der Waals surface area (Å²) < 4.78 is 0. The van der Waals surface area contributed by atoms with Gasteiger partial charge < -0.3 is 10.7 Å². The third-order valence-corrected chi connectivity index (χ3v) is 6.73. The lowest BCUT2D eigenvalue weighted by Crippen LogP contribution is -2.01. The zero-order valence-corrected chi connectivity index (χ0v) is 19.2. The molecule has 0 spiro atoms. The second kappa shape index (κ2) is 8.92. The van der Waals surface area contributed by atoms with Crippen molar-refractivity contribution >= 4 is 16.6 Å². The first-order valence-corrected chi connectivity index (χ1v) is 11.5. The van der Waals surface area contributed by atoms with Crippen molar-refractivity contribution < 1.29 is 0 Å². The molecule has 0 radical (unpaired) electrons. The van der Waals surface area contributed by atoms with Gasteiger partial charge in [0.15, 0.2) is 0 Å². The standard InChI is InChI=1S/C27H25N5.C2H2/c1-16-25(13-26-22(28)10-11-23(31-26)20-14-29-30-15-20)32-24-7-3-6-21(27(16)24)19-9-8-17-4-2-5-18(17)12-19;1-2/h3,6-12,14-15,32H,2,4-5,13,28H2,1H3,(H,29,30);1-2H. The molecule has 3 heterocycles. The molecule has 0 saturated carbocycles. The number of nitrogen functional groups attached to an aromatic ring is 1. The molecule has 1 aliphatic rings. The predicted octanol–water partition coefficient (Wildman–Crippen LogP) is 5.84. The van der Waals surface area contributed by atoms with Crippen LogP contribution in [0.1, 0.15) is 34.5 Å². The van der Waals surface area contributed by atoms with E-state index in [9.17, 15) is 0 Å². The minimum Gasteiger partial charge on any atom is -0.397 e. The van der Waals surface area contributed by atoms with Gasteiger partial charge in [0.1, 0.15) is 0 Å². The first-order valence-electron chi connectivity index (χ1n) is 11.5. The van der Waals surface area contributed by atoms with Crippen molar-refractivity contribution in [1.82, 2.24) is 20.2 Å². The summed E-state index contributed by atoms with van der Waals surface area (Å²) in [4.78, 5) is 8.48. The van der Waals surface area contributed by atoms with Gasteiger partial charge in [-0.2, -0.15) is 5.10 Å². The molecule has 0 fully saturated rings. The number of terminal acetylenes is 1. The van der Waals surface area contributed by atoms with Gasteiger partial charge in [0.2, 0.25) is 0 Å². The van der Waals surface area contributed by atoms with Gasteiger partial charge >= 0.3 is 0 Å². The van der Waals surface area contributed by atoms with E-state index in [1.54, 1.807) is 6.20 Å². The highest BCUT2D eigenvalue weighted by molar-refractivity contribution is 5.98. The molecule has 0 saturated heterocycles. The summed E-state index contributed by atoms with van der Waals surface area (Å²) >= 11 is 0. The maximum absolute atomic E-state index is 6.31. The number of nitrogens with one attached hydrogen (secondary N) is 2. The van der Waals surface area contributed by atoms with E-state index >= 15 is 0 Å². The number of nitrogens with two attached hydrogens (primary N) is 1. The third kappa shape index (κ3) is 3.74. The summed E-state index contributed by atoms with van der Waals surface area (Å²) in [7, 11) is 0. The highest BCUT2D eigenvalue weighted by Gasteiger charge is 2.17. The Labute approximate surface area is 199 Å². The fraction of sp³-hybridized carbons (Fsp3) is 0.172. The van der Waals surface area contributed by atoms with Crippen LogP contribution in [0.15, 0.2) is 60.9 Å². The Bertz CT molecular complexity index is 1490. The summed E-state index contributed by atoms with van der Waals surface area (Å²) in [6, 6.07) is 17.4. The first kappa shape index (κ1) is 21.5. The average Bonchev–Trinajstić information content (AvgIpc) is 3.62. The number of hydrogen-bond acceptors (Lipinski definition) is 3. The summed E-state index contributed by atoms with van der Waals surface area (Å²) in [6.45, 7) is 2.20. The fourth-order valence-corrected chi connectivity index (χ4v) is 5.00. The van der Waals surface area contributed by atoms with Crippen molar-refractivity contribution in [2.45, 2.75) is 32.6 Å². The van der Waals surface area contributed by atoms with Crippen LogP contribution >= 0.6 is 0 Å². The van der Waals surface area contributed by atoms with E-state index in [1.807, 2.05) is 18.3 Å². The first-order chi connectivity index (χ1) is 16.7. The molecule has 34 heavy (non-hydrogen) atoms. The van der Waals surface area contributed by atoms with Crippen LogP contribution in [0.2, 0.25) is 0 Å². The van der Waals surface area contributed by atoms with Crippen LogP contribution in [-0.4, -0.2) is 20.2 Å². The normalized spacial score (nSPS) is 12.3. The number of rotatable bonds is 4. The van der Waals surface area contributed by atoms with Gasteiger partial charge in [-0.15, -0.1) is 12.8 Å². The summed E-state index contributed by atoms with van der Waals surface area (Å²) in [5.74, 6) is 0. The maximum atomic E-state index is 6.31. The van der Waals surface area contributed by atoms with Crippen LogP contribution in [0.25, 0.3) is 33.3 Å². The lowest BCUT2D eigenvalue weighted by molar-refractivity contribution is 0.912. The van der Waals surface area contributed by atoms with Gasteiger partial charge in [0.05, 0.1) is 23.3 Å². The van der Waals surface area contributed by atoms with Crippen molar-refractivity contribution in [2.75, 3.05) is 5.73 Å². The lowest BCUT2D eigenvalue weighted by Gasteiger charge is -2.09. The number of hydrogen-bond donors (Lipinski definition) is 3. The van der Waals surface area contributed by atoms with Gasteiger partial charge in [-0.05, 0) is 72.2 Å². The number of nitrogens with zero attached hydrogens (tertiary/aromatic N) is 2. The number of fused-ring (bicyclic) bond motifs is 2. The highest BCUT2D eigenvalue weighted by atomic mass is 15.1. The average molecular weight is 446 g/mol. The highest BCUT2D eigenvalue weighted by Crippen LogP contribution is 2.36. The molecule has 6 rings (SSSR count). The van der Waals surface area contributed by atoms with Crippen molar-refractivity contribution in [3.05, 3.63) is 89.0 Å². The Morgan fingerprint density at radius 3 is 2.68 bits per heavy atom. The Morgan fingerprint density at radius 1 is 1.00 bits per heavy atom. The Hall–Kier alpha value is -4.30. The minimum absolute atomic E-state index is 0.654. The van der Waals surface area contributed by atoms with E-state index in [0.717, 1.165) is 28.2 Å². The Balaban J connectivity index is 0.00000117. The number of aromatic amines is 2. The third-order valence-electron chi connectivity index (χ3n) is 6.73. The van der Waals surface area contributed by atoms with Crippen LogP contribution in [0, 0.1) is 19.8 Å². The molecule has 1 aliphatic carbocycles. The molecule has 168 valence electrons. The van der Waals surface area contributed by atoms with E-state index < -0.39 is 0 Å². The van der Waals surface area contributed by atoms with E-state index in [1.165, 1.54) is 52.5 Å². The molecule has 4 N–H and O–H groups in total. The van der Waals surface area contributed by atoms with E-state index in [-0.39, 0.29) is 0 Å². The number of aromatic nitrogens is 4. The SMILES string of the molecule is C#C.Cc1c(Cc2nc(-c3cn[nH]c3)ccc2N)[nH]c2cccc(-c3ccc4c(c3)CCC4)c12. The Morgan fingerprint density at radius 2 is 1.85 bits per heavy atom. The summed E-state index contributed by atoms with van der Waals surface area (Å²) in [6.07, 6.45) is 15.9. The largest absolute Gasteiger partial charge is 0.397 e. The van der Waals surface area contributed by atoms with Crippen molar-refractivity contribution in [2.24, 2.45) is 0 Å². The van der Waals surface area contributed by atoms with Gasteiger partial charge in [0, 0.05) is 34.8 Å². The molecule has 5 aromatic rings. The molecular weight excluding hydrogens is 418 g/mol. The smallest absolute Gasteiger partial charge is 0.0738 e. The molecule has 3 aromatic heterocycles. The van der Waals surface area contributed by atoms with Crippen LogP contribution in [0.3, 0.4) is 0 Å². The quantitative estimate of drug-likeness (QED) is 0.304. The number of pyridine rings is 1. The summed E-state index contributed by atoms with van der Waals surface area (Å²) in [5.41, 5.74) is 18.9. The molecule has 0 aliphatic heterocycles. The fourth-order valence-electron chi connectivity index (χ4n) is 5.00. The van der Waals surface area contributed by atoms with Crippen LogP contribution in [-0.2, 0) is 19.3 Å².